The Kier molecular flexibility index (Phi) is 3.72. The molecule has 6 N–H and O–H groups in total. The quantitative estimate of drug-likeness (QED) is 0.380. The molecule has 10 nitrogen and oxygen atoms in total. The minimum Gasteiger partial charge on any atom is -0.394 e. The largest absolute Gasteiger partial charge is 0.394 e. The van der Waals surface area contributed by atoms with Crippen LogP contribution in [0.25, 0.3) is 0 Å². The number of rotatable bonds is 3. The molecule has 110 valence electrons. The lowest BCUT2D eigenvalue weighted by Gasteiger charge is -2.17. The Labute approximate surface area is 111 Å². The van der Waals surface area contributed by atoms with Gasteiger partial charge in [0.1, 0.15) is 23.9 Å². The zero-order valence-corrected chi connectivity index (χ0v) is 10.1. The van der Waals surface area contributed by atoms with Crippen LogP contribution >= 0.6 is 0 Å². The van der Waals surface area contributed by atoms with Crippen LogP contribution in [0.4, 0.5) is 0 Å². The molecular formula is C10H13N3O7. The normalized spacial score (nSPS) is 29.6. The topological polar surface area (TPSA) is 168 Å². The molecule has 4 atom stereocenters. The second-order valence-electron chi connectivity index (χ2n) is 4.30. The van der Waals surface area contributed by atoms with E-state index < -0.39 is 53.9 Å². The number of nitrogens with zero attached hydrogens (tertiary/aromatic N) is 1. The molecule has 0 spiro atoms. The standard InChI is InChI=1S/C10H13N3O7/c11-7(17)3-1-13(10(19)12-8(3)18)9-6(16)5(15)4(2-14)20-9/h1,4-6,9,14-16H,2H2,(H2,11,17)(H,12,18,19)/t4-,5?,6?,9-/m0/s1. The highest BCUT2D eigenvalue weighted by Gasteiger charge is 2.43. The zero-order valence-electron chi connectivity index (χ0n) is 10.1. The molecule has 1 aromatic rings. The van der Waals surface area contributed by atoms with Crippen molar-refractivity contribution in [2.75, 3.05) is 6.61 Å². The van der Waals surface area contributed by atoms with Gasteiger partial charge in [0.2, 0.25) is 0 Å². The summed E-state index contributed by atoms with van der Waals surface area (Å²) in [6.45, 7) is -0.574. The summed E-state index contributed by atoms with van der Waals surface area (Å²) in [6.07, 6.45) is -4.54. The third-order valence-electron chi connectivity index (χ3n) is 3.02. The maximum Gasteiger partial charge on any atom is 0.330 e. The molecule has 10 heteroatoms. The molecule has 0 aliphatic carbocycles. The average molecular weight is 287 g/mol. The molecule has 1 amide bonds. The van der Waals surface area contributed by atoms with E-state index in [4.69, 9.17) is 15.6 Å². The summed E-state index contributed by atoms with van der Waals surface area (Å²) < 4.78 is 5.84. The minimum absolute atomic E-state index is 0.498. The Hall–Kier alpha value is -2.01. The molecule has 0 radical (unpaired) electrons. The van der Waals surface area contributed by atoms with Crippen LogP contribution in [0, 0.1) is 0 Å². The lowest BCUT2D eigenvalue weighted by molar-refractivity contribution is -0.0551. The summed E-state index contributed by atoms with van der Waals surface area (Å²) in [7, 11) is 0. The smallest absolute Gasteiger partial charge is 0.330 e. The second kappa shape index (κ2) is 5.17. The molecule has 1 aromatic heterocycles. The van der Waals surface area contributed by atoms with Crippen molar-refractivity contribution in [1.29, 1.82) is 0 Å². The molecule has 1 aliphatic rings. The van der Waals surface area contributed by atoms with Gasteiger partial charge in [-0.2, -0.15) is 0 Å². The number of aliphatic hydroxyl groups excluding tert-OH is 3. The Morgan fingerprint density at radius 3 is 2.55 bits per heavy atom. The predicted octanol–water partition coefficient (Wildman–Crippen LogP) is -3.75. The van der Waals surface area contributed by atoms with Gasteiger partial charge in [-0.15, -0.1) is 0 Å². The van der Waals surface area contributed by atoms with Crippen LogP contribution < -0.4 is 17.0 Å². The van der Waals surface area contributed by atoms with E-state index in [9.17, 15) is 24.6 Å². The monoisotopic (exact) mass is 287 g/mol. The van der Waals surface area contributed by atoms with Gasteiger partial charge in [0, 0.05) is 6.20 Å². The van der Waals surface area contributed by atoms with Crippen LogP contribution in [0.15, 0.2) is 15.8 Å². The van der Waals surface area contributed by atoms with E-state index >= 15 is 0 Å². The van der Waals surface area contributed by atoms with Crippen molar-refractivity contribution in [1.82, 2.24) is 9.55 Å². The van der Waals surface area contributed by atoms with Crippen LogP contribution in [-0.4, -0.2) is 55.7 Å². The highest BCUT2D eigenvalue weighted by atomic mass is 16.6. The Balaban J connectivity index is 2.48. The van der Waals surface area contributed by atoms with Crippen molar-refractivity contribution in [2.24, 2.45) is 5.73 Å². The number of aliphatic hydroxyl groups is 3. The summed E-state index contributed by atoms with van der Waals surface area (Å²) in [4.78, 5) is 35.9. The van der Waals surface area contributed by atoms with E-state index in [0.717, 1.165) is 10.8 Å². The third-order valence-corrected chi connectivity index (χ3v) is 3.02. The molecule has 1 fully saturated rings. The number of aromatic amines is 1. The fourth-order valence-electron chi connectivity index (χ4n) is 1.96. The number of hydrogen-bond acceptors (Lipinski definition) is 7. The number of aromatic nitrogens is 2. The summed E-state index contributed by atoms with van der Waals surface area (Å²) in [6, 6.07) is 0. The van der Waals surface area contributed by atoms with Gasteiger partial charge in [0.15, 0.2) is 6.23 Å². The highest BCUT2D eigenvalue weighted by molar-refractivity contribution is 5.91. The number of nitrogens with two attached hydrogens (primary N) is 1. The van der Waals surface area contributed by atoms with Crippen LogP contribution in [0.1, 0.15) is 16.6 Å². The number of H-pyrrole nitrogens is 1. The molecular weight excluding hydrogens is 274 g/mol. The predicted molar refractivity (Wildman–Crippen MR) is 62.9 cm³/mol. The van der Waals surface area contributed by atoms with E-state index in [0.29, 0.717) is 0 Å². The number of primary amides is 1. The van der Waals surface area contributed by atoms with Gasteiger partial charge in [-0.05, 0) is 0 Å². The average Bonchev–Trinajstić information content (AvgIpc) is 2.66. The summed E-state index contributed by atoms with van der Waals surface area (Å²) in [5.74, 6) is -1.06. The van der Waals surface area contributed by atoms with Crippen molar-refractivity contribution in [3.8, 4) is 0 Å². The van der Waals surface area contributed by atoms with Gasteiger partial charge >= 0.3 is 5.69 Å². The van der Waals surface area contributed by atoms with Crippen molar-refractivity contribution in [3.63, 3.8) is 0 Å². The van der Waals surface area contributed by atoms with Gasteiger partial charge in [0.25, 0.3) is 11.5 Å². The number of amides is 1. The summed E-state index contributed by atoms with van der Waals surface area (Å²) in [5.41, 5.74) is 2.57. The van der Waals surface area contributed by atoms with Gasteiger partial charge in [-0.1, -0.05) is 0 Å². The second-order valence-corrected chi connectivity index (χ2v) is 4.30. The van der Waals surface area contributed by atoms with Gasteiger partial charge in [-0.25, -0.2) is 4.79 Å². The van der Waals surface area contributed by atoms with E-state index in [1.807, 2.05) is 4.98 Å². The maximum atomic E-state index is 11.7. The fourth-order valence-corrected chi connectivity index (χ4v) is 1.96. The molecule has 2 unspecified atom stereocenters. The first kappa shape index (κ1) is 14.4. The van der Waals surface area contributed by atoms with Gasteiger partial charge < -0.3 is 25.8 Å². The summed E-state index contributed by atoms with van der Waals surface area (Å²) in [5, 5.41) is 28.3. The molecule has 1 saturated heterocycles. The maximum absolute atomic E-state index is 11.7. The SMILES string of the molecule is NC(=O)c1cn([C@H]2O[C@@H](CO)C(O)C2O)c(=O)[nH]c1=O. The Bertz CT molecular complexity index is 636. The van der Waals surface area contributed by atoms with Crippen molar-refractivity contribution in [3.05, 3.63) is 32.6 Å². The zero-order chi connectivity index (χ0) is 15.0. The molecule has 2 rings (SSSR count). The summed E-state index contributed by atoms with van der Waals surface area (Å²) >= 11 is 0. The van der Waals surface area contributed by atoms with Crippen molar-refractivity contribution in [2.45, 2.75) is 24.5 Å². The van der Waals surface area contributed by atoms with Gasteiger partial charge in [0.05, 0.1) is 6.61 Å². The van der Waals surface area contributed by atoms with E-state index in [-0.39, 0.29) is 0 Å². The number of hydrogen-bond donors (Lipinski definition) is 5. The highest BCUT2D eigenvalue weighted by Crippen LogP contribution is 2.27. The molecule has 2 heterocycles. The van der Waals surface area contributed by atoms with Gasteiger partial charge in [-0.3, -0.25) is 19.1 Å². The molecule has 20 heavy (non-hydrogen) atoms. The number of carbonyl (C=O) groups is 1. The van der Waals surface area contributed by atoms with E-state index in [1.54, 1.807) is 0 Å². The third kappa shape index (κ3) is 2.25. The first-order valence-corrected chi connectivity index (χ1v) is 5.64. The number of carbonyl (C=O) groups excluding carboxylic acids is 1. The molecule has 0 aromatic carbocycles. The van der Waals surface area contributed by atoms with Crippen LogP contribution in [0.5, 0.6) is 0 Å². The number of nitrogens with one attached hydrogen (secondary N) is 1. The molecule has 0 bridgehead atoms. The lowest BCUT2D eigenvalue weighted by atomic mass is 10.1. The minimum atomic E-state index is -1.52. The van der Waals surface area contributed by atoms with Crippen LogP contribution in [-0.2, 0) is 4.74 Å². The Morgan fingerprint density at radius 2 is 2.05 bits per heavy atom. The van der Waals surface area contributed by atoms with Crippen LogP contribution in [0.3, 0.4) is 0 Å². The van der Waals surface area contributed by atoms with E-state index in [2.05, 4.69) is 0 Å². The van der Waals surface area contributed by atoms with Crippen molar-refractivity contribution < 1.29 is 24.9 Å². The lowest BCUT2D eigenvalue weighted by Crippen LogP contribution is -2.40. The van der Waals surface area contributed by atoms with Crippen molar-refractivity contribution >= 4 is 5.91 Å². The first-order chi connectivity index (χ1) is 9.36. The Morgan fingerprint density at radius 1 is 1.40 bits per heavy atom. The van der Waals surface area contributed by atoms with E-state index in [1.165, 1.54) is 0 Å². The molecule has 0 saturated carbocycles. The molecule has 1 aliphatic heterocycles. The number of ether oxygens (including phenoxy) is 1. The van der Waals surface area contributed by atoms with Crippen LogP contribution in [0.2, 0.25) is 0 Å². The fraction of sp³-hybridized carbons (Fsp3) is 0.500. The first-order valence-electron chi connectivity index (χ1n) is 5.64.